The van der Waals surface area contributed by atoms with Crippen LogP contribution in [0.2, 0.25) is 0 Å². The van der Waals surface area contributed by atoms with Crippen LogP contribution in [-0.4, -0.2) is 35.1 Å². The van der Waals surface area contributed by atoms with Crippen molar-refractivity contribution in [3.05, 3.63) is 64.2 Å². The molecule has 7 nitrogen and oxygen atoms in total. The molecule has 24 heavy (non-hydrogen) atoms. The molecule has 0 saturated carbocycles. The first-order valence-electron chi connectivity index (χ1n) is 7.62. The molecule has 2 aromatic rings. The van der Waals surface area contributed by atoms with E-state index in [1.807, 2.05) is 23.1 Å². The third-order valence-electron chi connectivity index (χ3n) is 4.00. The number of nitro groups is 1. The van der Waals surface area contributed by atoms with Crippen molar-refractivity contribution in [2.75, 3.05) is 23.3 Å². The summed E-state index contributed by atoms with van der Waals surface area (Å²) in [6, 6.07) is 12.8. The van der Waals surface area contributed by atoms with Crippen LogP contribution >= 0.6 is 0 Å². The normalized spacial score (nSPS) is 16.9. The molecule has 2 N–H and O–H groups in total. The van der Waals surface area contributed by atoms with Crippen LogP contribution in [0.1, 0.15) is 16.8 Å². The highest BCUT2D eigenvalue weighted by molar-refractivity contribution is 6.06. The van der Waals surface area contributed by atoms with E-state index >= 15 is 0 Å². The van der Waals surface area contributed by atoms with Crippen molar-refractivity contribution in [3.63, 3.8) is 0 Å². The van der Waals surface area contributed by atoms with Gasteiger partial charge in [0.1, 0.15) is 0 Å². The number of nitrogens with zero attached hydrogens (tertiary/aromatic N) is 2. The van der Waals surface area contributed by atoms with Crippen molar-refractivity contribution >= 4 is 23.0 Å². The molecule has 0 aliphatic carbocycles. The molecule has 2 aromatic carbocycles. The molecular formula is C17H17N3O4. The minimum absolute atomic E-state index is 0.0574. The summed E-state index contributed by atoms with van der Waals surface area (Å²) >= 11 is 0. The van der Waals surface area contributed by atoms with E-state index in [1.165, 1.54) is 24.3 Å². The van der Waals surface area contributed by atoms with Crippen LogP contribution in [0.15, 0.2) is 48.5 Å². The van der Waals surface area contributed by atoms with Gasteiger partial charge in [-0.1, -0.05) is 12.1 Å². The molecule has 1 heterocycles. The lowest BCUT2D eigenvalue weighted by atomic mass is 10.2. The minimum atomic E-state index is -0.504. The molecule has 1 aliphatic rings. The second-order valence-electron chi connectivity index (χ2n) is 5.66. The molecular weight excluding hydrogens is 310 g/mol. The van der Waals surface area contributed by atoms with E-state index in [1.54, 1.807) is 6.07 Å². The highest BCUT2D eigenvalue weighted by atomic mass is 16.6. The van der Waals surface area contributed by atoms with Gasteiger partial charge in [-0.15, -0.1) is 0 Å². The van der Waals surface area contributed by atoms with Gasteiger partial charge in [0.15, 0.2) is 0 Å². The summed E-state index contributed by atoms with van der Waals surface area (Å²) in [5.41, 5.74) is 1.79. The lowest BCUT2D eigenvalue weighted by Gasteiger charge is -2.21. The van der Waals surface area contributed by atoms with Crippen molar-refractivity contribution in [3.8, 4) is 0 Å². The lowest BCUT2D eigenvalue weighted by Crippen LogP contribution is -2.23. The molecule has 0 radical (unpaired) electrons. The van der Waals surface area contributed by atoms with Crippen LogP contribution in [0.5, 0.6) is 0 Å². The first-order valence-corrected chi connectivity index (χ1v) is 7.62. The molecule has 1 fully saturated rings. The summed E-state index contributed by atoms with van der Waals surface area (Å²) in [5.74, 6) is -0.336. The fourth-order valence-corrected chi connectivity index (χ4v) is 2.74. The third-order valence-corrected chi connectivity index (χ3v) is 4.00. The van der Waals surface area contributed by atoms with Crippen LogP contribution in [0.3, 0.4) is 0 Å². The number of rotatable bonds is 4. The molecule has 3 rings (SSSR count). The molecule has 1 aliphatic heterocycles. The maximum Gasteiger partial charge on any atom is 0.269 e. The Bertz CT molecular complexity index is 761. The van der Waals surface area contributed by atoms with Crippen LogP contribution in [0, 0.1) is 10.1 Å². The minimum Gasteiger partial charge on any atom is -0.391 e. The van der Waals surface area contributed by atoms with Crippen LogP contribution in [0.4, 0.5) is 17.1 Å². The molecule has 1 saturated heterocycles. The molecule has 124 valence electrons. The Morgan fingerprint density at radius 3 is 2.54 bits per heavy atom. The fraction of sp³-hybridized carbons (Fsp3) is 0.235. The number of para-hydroxylation sites is 2. The Labute approximate surface area is 138 Å². The molecule has 7 heteroatoms. The Morgan fingerprint density at radius 1 is 1.21 bits per heavy atom. The number of non-ortho nitro benzene ring substituents is 1. The first kappa shape index (κ1) is 15.9. The summed E-state index contributed by atoms with van der Waals surface area (Å²) in [7, 11) is 0. The molecule has 0 bridgehead atoms. The van der Waals surface area contributed by atoms with Gasteiger partial charge in [-0.25, -0.2) is 0 Å². The smallest absolute Gasteiger partial charge is 0.269 e. The Hall–Kier alpha value is -2.93. The Kier molecular flexibility index (Phi) is 4.43. The molecule has 0 unspecified atom stereocenters. The van der Waals surface area contributed by atoms with Gasteiger partial charge in [0.05, 0.1) is 22.4 Å². The van der Waals surface area contributed by atoms with E-state index in [0.717, 1.165) is 12.2 Å². The summed E-state index contributed by atoms with van der Waals surface area (Å²) in [5, 5.41) is 23.2. The van der Waals surface area contributed by atoms with Crippen LogP contribution < -0.4 is 10.2 Å². The van der Waals surface area contributed by atoms with Gasteiger partial charge in [0.2, 0.25) is 0 Å². The summed E-state index contributed by atoms with van der Waals surface area (Å²) in [6.45, 7) is 1.26. The number of anilines is 2. The number of carbonyl (C=O) groups is 1. The largest absolute Gasteiger partial charge is 0.391 e. The summed E-state index contributed by atoms with van der Waals surface area (Å²) in [4.78, 5) is 24.6. The zero-order valence-electron chi connectivity index (χ0n) is 12.9. The number of aliphatic hydroxyl groups is 1. The number of nitrogens with one attached hydrogen (secondary N) is 1. The highest BCUT2D eigenvalue weighted by Gasteiger charge is 2.22. The first-order chi connectivity index (χ1) is 11.5. The van der Waals surface area contributed by atoms with Crippen molar-refractivity contribution in [1.82, 2.24) is 0 Å². The second-order valence-corrected chi connectivity index (χ2v) is 5.66. The van der Waals surface area contributed by atoms with Gasteiger partial charge < -0.3 is 15.3 Å². The summed E-state index contributed by atoms with van der Waals surface area (Å²) < 4.78 is 0. The van der Waals surface area contributed by atoms with Crippen LogP contribution in [0.25, 0.3) is 0 Å². The predicted octanol–water partition coefficient (Wildman–Crippen LogP) is 2.42. The van der Waals surface area contributed by atoms with Crippen molar-refractivity contribution in [1.29, 1.82) is 0 Å². The average Bonchev–Trinajstić information content (AvgIpc) is 3.01. The lowest BCUT2D eigenvalue weighted by molar-refractivity contribution is -0.384. The topological polar surface area (TPSA) is 95.7 Å². The van der Waals surface area contributed by atoms with E-state index in [9.17, 15) is 20.0 Å². The van der Waals surface area contributed by atoms with E-state index < -0.39 is 4.92 Å². The van der Waals surface area contributed by atoms with Crippen molar-refractivity contribution in [2.45, 2.75) is 12.5 Å². The quantitative estimate of drug-likeness (QED) is 0.664. The number of nitro benzene ring substituents is 1. The number of β-amino-alcohol motifs (C(OH)–C–C–N with tert-alkyl or cyclic N) is 1. The van der Waals surface area contributed by atoms with Gasteiger partial charge in [-0.2, -0.15) is 0 Å². The third kappa shape index (κ3) is 3.36. The van der Waals surface area contributed by atoms with E-state index in [0.29, 0.717) is 24.2 Å². The standard InChI is InChI=1S/C17H17N3O4/c21-14-9-10-19(11-14)16-4-2-1-3-15(16)18-17(22)12-5-7-13(8-6-12)20(23)24/h1-8,14,21H,9-11H2,(H,18,22)/t14-/m0/s1. The maximum absolute atomic E-state index is 12.4. The number of hydrogen-bond donors (Lipinski definition) is 2. The number of aliphatic hydroxyl groups excluding tert-OH is 1. The molecule has 0 aromatic heterocycles. The second kappa shape index (κ2) is 6.67. The van der Waals surface area contributed by atoms with Gasteiger partial charge >= 0.3 is 0 Å². The Morgan fingerprint density at radius 2 is 1.92 bits per heavy atom. The number of hydrogen-bond acceptors (Lipinski definition) is 5. The zero-order valence-corrected chi connectivity index (χ0v) is 12.9. The Balaban J connectivity index is 1.78. The molecule has 0 spiro atoms. The maximum atomic E-state index is 12.4. The van der Waals surface area contributed by atoms with E-state index in [4.69, 9.17) is 0 Å². The highest BCUT2D eigenvalue weighted by Crippen LogP contribution is 2.29. The van der Waals surface area contributed by atoms with Crippen molar-refractivity contribution in [2.24, 2.45) is 0 Å². The van der Waals surface area contributed by atoms with Crippen molar-refractivity contribution < 1.29 is 14.8 Å². The molecule has 1 atom stereocenters. The number of benzene rings is 2. The monoisotopic (exact) mass is 327 g/mol. The van der Waals surface area contributed by atoms with Gasteiger partial charge in [0, 0.05) is 30.8 Å². The average molecular weight is 327 g/mol. The fourth-order valence-electron chi connectivity index (χ4n) is 2.74. The zero-order chi connectivity index (χ0) is 17.1. The van der Waals surface area contributed by atoms with E-state index in [2.05, 4.69) is 5.32 Å². The van der Waals surface area contributed by atoms with Gasteiger partial charge in [-0.05, 0) is 30.7 Å². The SMILES string of the molecule is O=C(Nc1ccccc1N1CC[C@H](O)C1)c1ccc([N+](=O)[O-])cc1. The van der Waals surface area contributed by atoms with E-state index in [-0.39, 0.29) is 17.7 Å². The number of amides is 1. The van der Waals surface area contributed by atoms with Gasteiger partial charge in [-0.3, -0.25) is 14.9 Å². The van der Waals surface area contributed by atoms with Gasteiger partial charge in [0.25, 0.3) is 11.6 Å². The molecule has 1 amide bonds. The number of carbonyl (C=O) groups excluding carboxylic acids is 1. The summed E-state index contributed by atoms with van der Waals surface area (Å²) in [6.07, 6.45) is 0.341. The van der Waals surface area contributed by atoms with Crippen LogP contribution in [-0.2, 0) is 0 Å². The predicted molar refractivity (Wildman–Crippen MR) is 90.3 cm³/mol.